The zero-order valence-corrected chi connectivity index (χ0v) is 8.71. The second-order valence-corrected chi connectivity index (χ2v) is 4.05. The number of thiol groups is 1. The third-order valence-corrected chi connectivity index (χ3v) is 2.44. The Morgan fingerprint density at radius 1 is 1.58 bits per heavy atom. The third kappa shape index (κ3) is 1.90. The van der Waals surface area contributed by atoms with Crippen molar-refractivity contribution in [1.82, 2.24) is 10.6 Å². The van der Waals surface area contributed by atoms with Gasteiger partial charge in [-0.05, 0) is 18.1 Å². The standard InChI is InChI=1S/C7H12N2OS2/c1-3(2)4-5(6(10)11)9-7(12)8-4/h3-5H,1-2H3,(H,10,11)(H2,8,9,12). The Balaban J connectivity index is 2.72. The molecule has 0 aliphatic carbocycles. The van der Waals surface area contributed by atoms with Crippen LogP contribution >= 0.6 is 24.8 Å². The second kappa shape index (κ2) is 3.62. The average Bonchev–Trinajstić information content (AvgIpc) is 2.31. The van der Waals surface area contributed by atoms with E-state index in [-0.39, 0.29) is 17.2 Å². The molecule has 2 unspecified atom stereocenters. The van der Waals surface area contributed by atoms with Gasteiger partial charge >= 0.3 is 0 Å². The minimum Gasteiger partial charge on any atom is -0.357 e. The van der Waals surface area contributed by atoms with Crippen LogP contribution in [0, 0.1) is 5.92 Å². The Morgan fingerprint density at radius 2 is 2.17 bits per heavy atom. The molecule has 68 valence electrons. The topological polar surface area (TPSA) is 41.1 Å². The Labute approximate surface area is 82.7 Å². The minimum absolute atomic E-state index is 0.0718. The van der Waals surface area contributed by atoms with Gasteiger partial charge in [0.1, 0.15) is 6.04 Å². The summed E-state index contributed by atoms with van der Waals surface area (Å²) >= 11 is 8.69. The molecule has 5 heteroatoms. The molecule has 12 heavy (non-hydrogen) atoms. The van der Waals surface area contributed by atoms with Crippen LogP contribution in [0.2, 0.25) is 0 Å². The van der Waals surface area contributed by atoms with Gasteiger partial charge in [0.05, 0.1) is 6.04 Å². The molecule has 0 saturated carbocycles. The first-order chi connectivity index (χ1) is 5.52. The van der Waals surface area contributed by atoms with E-state index in [1.165, 1.54) is 0 Å². The number of hydrogen-bond acceptors (Lipinski definition) is 2. The molecular weight excluding hydrogens is 192 g/mol. The predicted molar refractivity (Wildman–Crippen MR) is 55.3 cm³/mol. The van der Waals surface area contributed by atoms with Gasteiger partial charge in [-0.1, -0.05) is 13.8 Å². The minimum atomic E-state index is -0.277. The summed E-state index contributed by atoms with van der Waals surface area (Å²) in [5.41, 5.74) is 0. The quantitative estimate of drug-likeness (QED) is 0.447. The summed E-state index contributed by atoms with van der Waals surface area (Å²) in [6, 6.07) is -0.205. The fourth-order valence-corrected chi connectivity index (χ4v) is 1.76. The number of carbonyl (C=O) groups is 1. The molecule has 2 N–H and O–H groups in total. The summed E-state index contributed by atoms with van der Waals surface area (Å²) in [4.78, 5) is 11.0. The number of carbonyl (C=O) groups excluding carboxylic acids is 1. The molecular formula is C7H12N2OS2. The van der Waals surface area contributed by atoms with Crippen molar-refractivity contribution in [2.75, 3.05) is 0 Å². The van der Waals surface area contributed by atoms with Crippen molar-refractivity contribution in [2.45, 2.75) is 25.9 Å². The van der Waals surface area contributed by atoms with Crippen LogP contribution in [-0.4, -0.2) is 22.3 Å². The van der Waals surface area contributed by atoms with Gasteiger partial charge in [-0.15, -0.1) is 12.6 Å². The first-order valence-electron chi connectivity index (χ1n) is 3.82. The third-order valence-electron chi connectivity index (χ3n) is 1.93. The van der Waals surface area contributed by atoms with Gasteiger partial charge in [0.2, 0.25) is 5.12 Å². The lowest BCUT2D eigenvalue weighted by Crippen LogP contribution is -2.41. The molecule has 0 radical (unpaired) electrons. The molecule has 3 nitrogen and oxygen atoms in total. The smallest absolute Gasteiger partial charge is 0.210 e. The van der Waals surface area contributed by atoms with Crippen molar-refractivity contribution in [1.29, 1.82) is 0 Å². The SMILES string of the molecule is CC(C)C1NC(=S)NC1C(=O)S. The summed E-state index contributed by atoms with van der Waals surface area (Å²) in [5, 5.41) is 6.29. The van der Waals surface area contributed by atoms with Gasteiger partial charge in [0.15, 0.2) is 5.11 Å². The van der Waals surface area contributed by atoms with Gasteiger partial charge in [0, 0.05) is 0 Å². The maximum absolute atomic E-state index is 11.0. The summed E-state index contributed by atoms with van der Waals surface area (Å²) < 4.78 is 0. The van der Waals surface area contributed by atoms with E-state index in [0.29, 0.717) is 11.0 Å². The van der Waals surface area contributed by atoms with Gasteiger partial charge in [0.25, 0.3) is 0 Å². The first kappa shape index (κ1) is 9.80. The van der Waals surface area contributed by atoms with E-state index in [1.807, 2.05) is 13.8 Å². The monoisotopic (exact) mass is 204 g/mol. The van der Waals surface area contributed by atoms with Crippen LogP contribution in [0.4, 0.5) is 0 Å². The van der Waals surface area contributed by atoms with Crippen LogP contribution in [-0.2, 0) is 4.79 Å². The van der Waals surface area contributed by atoms with Gasteiger partial charge in [-0.25, -0.2) is 0 Å². The molecule has 0 amide bonds. The highest BCUT2D eigenvalue weighted by Gasteiger charge is 2.35. The van der Waals surface area contributed by atoms with Crippen LogP contribution < -0.4 is 10.6 Å². The van der Waals surface area contributed by atoms with E-state index < -0.39 is 0 Å². The maximum atomic E-state index is 11.0. The van der Waals surface area contributed by atoms with Gasteiger partial charge < -0.3 is 10.6 Å². The Morgan fingerprint density at radius 3 is 2.50 bits per heavy atom. The fraction of sp³-hybridized carbons (Fsp3) is 0.714. The van der Waals surface area contributed by atoms with Crippen molar-refractivity contribution in [3.8, 4) is 0 Å². The predicted octanol–water partition coefficient (Wildman–Crippen LogP) is 0.314. The zero-order valence-electron chi connectivity index (χ0n) is 7.00. The highest BCUT2D eigenvalue weighted by atomic mass is 32.1. The number of thiocarbonyl (C=S) groups is 1. The van der Waals surface area contributed by atoms with E-state index in [2.05, 4.69) is 23.3 Å². The first-order valence-corrected chi connectivity index (χ1v) is 4.67. The number of rotatable bonds is 2. The van der Waals surface area contributed by atoms with Crippen LogP contribution in [0.3, 0.4) is 0 Å². The lowest BCUT2D eigenvalue weighted by molar-refractivity contribution is -0.112. The molecule has 1 aliphatic rings. The molecule has 1 aliphatic heterocycles. The number of hydrogen-bond donors (Lipinski definition) is 3. The Hall–Kier alpha value is -0.290. The highest BCUT2D eigenvalue weighted by Crippen LogP contribution is 2.13. The average molecular weight is 204 g/mol. The molecule has 0 aromatic heterocycles. The molecule has 0 aromatic carbocycles. The van der Waals surface area contributed by atoms with Gasteiger partial charge in [-0.2, -0.15) is 0 Å². The number of nitrogens with one attached hydrogen (secondary N) is 2. The van der Waals surface area contributed by atoms with E-state index in [0.717, 1.165) is 0 Å². The van der Waals surface area contributed by atoms with Crippen molar-refractivity contribution in [2.24, 2.45) is 5.92 Å². The molecule has 2 atom stereocenters. The van der Waals surface area contributed by atoms with Gasteiger partial charge in [-0.3, -0.25) is 4.79 Å². The fourth-order valence-electron chi connectivity index (χ4n) is 1.27. The highest BCUT2D eigenvalue weighted by molar-refractivity contribution is 7.96. The van der Waals surface area contributed by atoms with Crippen molar-refractivity contribution in [3.63, 3.8) is 0 Å². The molecule has 0 aromatic rings. The molecule has 1 rings (SSSR count). The normalized spacial score (nSPS) is 28.5. The lowest BCUT2D eigenvalue weighted by Gasteiger charge is -2.18. The lowest BCUT2D eigenvalue weighted by atomic mass is 9.99. The molecule has 1 heterocycles. The van der Waals surface area contributed by atoms with Crippen molar-refractivity contribution >= 4 is 35.1 Å². The molecule has 0 spiro atoms. The van der Waals surface area contributed by atoms with Crippen LogP contribution in [0.15, 0.2) is 0 Å². The largest absolute Gasteiger partial charge is 0.357 e. The molecule has 0 bridgehead atoms. The van der Waals surface area contributed by atoms with Crippen molar-refractivity contribution < 1.29 is 4.79 Å². The van der Waals surface area contributed by atoms with Crippen LogP contribution in [0.25, 0.3) is 0 Å². The van der Waals surface area contributed by atoms with Crippen LogP contribution in [0.5, 0.6) is 0 Å². The van der Waals surface area contributed by atoms with E-state index >= 15 is 0 Å². The molecule has 1 fully saturated rings. The van der Waals surface area contributed by atoms with E-state index in [4.69, 9.17) is 12.2 Å². The Bertz CT molecular complexity index is 217. The Kier molecular flexibility index (Phi) is 2.95. The summed E-state index contributed by atoms with van der Waals surface area (Å²) in [6.45, 7) is 4.08. The van der Waals surface area contributed by atoms with E-state index in [1.54, 1.807) is 0 Å². The summed E-state index contributed by atoms with van der Waals surface area (Å²) in [5.74, 6) is 0.360. The summed E-state index contributed by atoms with van der Waals surface area (Å²) in [7, 11) is 0. The summed E-state index contributed by atoms with van der Waals surface area (Å²) in [6.07, 6.45) is 0. The molecule has 1 saturated heterocycles. The van der Waals surface area contributed by atoms with Crippen LogP contribution in [0.1, 0.15) is 13.8 Å². The zero-order chi connectivity index (χ0) is 9.30. The second-order valence-electron chi connectivity index (χ2n) is 3.20. The van der Waals surface area contributed by atoms with E-state index in [9.17, 15) is 4.79 Å². The maximum Gasteiger partial charge on any atom is 0.210 e. The van der Waals surface area contributed by atoms with Crippen molar-refractivity contribution in [3.05, 3.63) is 0 Å².